The molecule has 0 bridgehead atoms. The Morgan fingerprint density at radius 3 is 1.83 bits per heavy atom. The first kappa shape index (κ1) is 18.0. The van der Waals surface area contributed by atoms with E-state index < -0.39 is 6.62 Å². The number of hydrogen-bond acceptors (Lipinski definition) is 0. The summed E-state index contributed by atoms with van der Waals surface area (Å²) in [6.07, 6.45) is 3.92. The molecule has 3 rings (SSSR count). The van der Waals surface area contributed by atoms with Crippen LogP contribution in [0.2, 0.25) is 0 Å². The molecular weight excluding hydrogens is 331 g/mol. The predicted molar refractivity (Wildman–Crippen MR) is 110 cm³/mol. The minimum absolute atomic E-state index is 0.577. The Hall–Kier alpha value is -0.840. The third-order valence-electron chi connectivity index (χ3n) is 5.71. The smallest absolute Gasteiger partial charge is 0.0624 e. The van der Waals surface area contributed by atoms with Gasteiger partial charge in [-0.1, -0.05) is 63.6 Å². The van der Waals surface area contributed by atoms with Crippen molar-refractivity contribution in [2.45, 2.75) is 45.7 Å². The average Bonchev–Trinajstić information content (AvgIpc) is 2.62. The number of rotatable bonds is 4. The Morgan fingerprint density at radius 2 is 1.38 bits per heavy atom. The van der Waals surface area contributed by atoms with Crippen molar-refractivity contribution in [3.63, 3.8) is 0 Å². The molecule has 3 atom stereocenters. The third kappa shape index (κ3) is 3.42. The molecule has 0 aromatic heterocycles. The van der Waals surface area contributed by atoms with Crippen LogP contribution in [-0.2, 0) is 0 Å². The van der Waals surface area contributed by atoms with Crippen LogP contribution in [0.5, 0.6) is 0 Å². The van der Waals surface area contributed by atoms with Crippen molar-refractivity contribution in [3.05, 3.63) is 60.7 Å². The van der Waals surface area contributed by atoms with Gasteiger partial charge in [0.25, 0.3) is 0 Å². The molecule has 128 valence electrons. The van der Waals surface area contributed by atoms with Crippen LogP contribution in [0.4, 0.5) is 0 Å². The van der Waals surface area contributed by atoms with Gasteiger partial charge in [0.1, 0.15) is 10.6 Å². The fourth-order valence-corrected chi connectivity index (χ4v) is 9.68. The minimum atomic E-state index is -1.92. The predicted octanol–water partition coefficient (Wildman–Crippen LogP) is 6.27. The molecule has 0 spiro atoms. The van der Waals surface area contributed by atoms with Gasteiger partial charge in [0.05, 0.1) is 16.9 Å². The molecule has 1 saturated carbocycles. The molecule has 1 aliphatic rings. The maximum atomic E-state index is 7.68. The fourth-order valence-electron chi connectivity index (χ4n) is 4.38. The lowest BCUT2D eigenvalue weighted by molar-refractivity contribution is 0.241. The molecule has 0 aliphatic heterocycles. The normalized spacial score (nSPS) is 25.0. The Morgan fingerprint density at radius 1 is 0.875 bits per heavy atom. The van der Waals surface area contributed by atoms with Gasteiger partial charge in [0.15, 0.2) is 6.62 Å². The average molecular weight is 360 g/mol. The summed E-state index contributed by atoms with van der Waals surface area (Å²) >= 11 is 7.68. The van der Waals surface area contributed by atoms with Gasteiger partial charge in [0.2, 0.25) is 0 Å². The molecule has 1 aliphatic carbocycles. The lowest BCUT2D eigenvalue weighted by Crippen LogP contribution is -2.39. The van der Waals surface area contributed by atoms with E-state index in [1.54, 1.807) is 0 Å². The first-order chi connectivity index (χ1) is 11.5. The summed E-state index contributed by atoms with van der Waals surface area (Å²) in [6.45, 7) is 5.24. The highest BCUT2D eigenvalue weighted by molar-refractivity contribution is 8.10. The van der Waals surface area contributed by atoms with Gasteiger partial charge in [0, 0.05) is 0 Å². The van der Waals surface area contributed by atoms with Gasteiger partial charge in [-0.05, 0) is 54.9 Å². The standard InChI is InChI=1S/C22H29ClP/c1-17(2)21-15-14-18(3)16-22(21)24(23,19-10-6-4-7-11-19)20-12-8-5-9-13-20/h4-13,17-18,21-22H,14-16H2,1-3H3/q+1/t18-,21-,22+/m0/s1. The van der Waals surface area contributed by atoms with Crippen molar-refractivity contribution in [2.75, 3.05) is 0 Å². The van der Waals surface area contributed by atoms with Crippen LogP contribution < -0.4 is 10.6 Å². The van der Waals surface area contributed by atoms with Crippen molar-refractivity contribution in [1.82, 2.24) is 0 Å². The Labute approximate surface area is 152 Å². The highest BCUT2D eigenvalue weighted by Gasteiger charge is 2.54. The second kappa shape index (κ2) is 7.59. The quantitative estimate of drug-likeness (QED) is 0.564. The molecule has 0 N–H and O–H groups in total. The molecule has 2 heteroatoms. The highest BCUT2D eigenvalue weighted by atomic mass is 35.7. The van der Waals surface area contributed by atoms with Crippen LogP contribution in [0, 0.1) is 17.8 Å². The van der Waals surface area contributed by atoms with Crippen LogP contribution >= 0.6 is 17.9 Å². The molecule has 0 heterocycles. The largest absolute Gasteiger partial charge is 0.181 e. The minimum Gasteiger partial charge on any atom is -0.0624 e. The first-order valence-electron chi connectivity index (χ1n) is 9.23. The summed E-state index contributed by atoms with van der Waals surface area (Å²) in [5.74, 6) is 2.18. The summed E-state index contributed by atoms with van der Waals surface area (Å²) in [5, 5.41) is 2.70. The van der Waals surface area contributed by atoms with Crippen molar-refractivity contribution in [2.24, 2.45) is 17.8 Å². The van der Waals surface area contributed by atoms with Gasteiger partial charge in [-0.2, -0.15) is 0 Å². The molecule has 0 saturated heterocycles. The molecule has 2 aromatic carbocycles. The zero-order valence-electron chi connectivity index (χ0n) is 15.0. The Balaban J connectivity index is 2.13. The van der Waals surface area contributed by atoms with E-state index in [-0.39, 0.29) is 0 Å². The summed E-state index contributed by atoms with van der Waals surface area (Å²) in [5.41, 5.74) is 0.577. The maximum absolute atomic E-state index is 7.68. The van der Waals surface area contributed by atoms with E-state index in [9.17, 15) is 0 Å². The SMILES string of the molecule is CC(C)[C@@H]1CC[C@H](C)C[C@H]1[P+](Cl)(c1ccccc1)c1ccccc1. The zero-order chi connectivity index (χ0) is 17.2. The summed E-state index contributed by atoms with van der Waals surface area (Å²) in [4.78, 5) is 0. The fraction of sp³-hybridized carbons (Fsp3) is 0.455. The van der Waals surface area contributed by atoms with Gasteiger partial charge in [-0.15, -0.1) is 0 Å². The third-order valence-corrected chi connectivity index (χ3v) is 11.2. The van der Waals surface area contributed by atoms with Gasteiger partial charge in [-0.25, -0.2) is 0 Å². The number of benzene rings is 2. The molecule has 2 aromatic rings. The number of halogens is 1. The van der Waals surface area contributed by atoms with E-state index in [0.717, 1.165) is 5.92 Å². The van der Waals surface area contributed by atoms with E-state index in [1.807, 2.05) is 0 Å². The van der Waals surface area contributed by atoms with Crippen LogP contribution in [0.1, 0.15) is 40.0 Å². The zero-order valence-corrected chi connectivity index (χ0v) is 16.7. The molecule has 1 fully saturated rings. The topological polar surface area (TPSA) is 0 Å². The lowest BCUT2D eigenvalue weighted by atomic mass is 9.77. The van der Waals surface area contributed by atoms with E-state index in [1.165, 1.54) is 29.9 Å². The summed E-state index contributed by atoms with van der Waals surface area (Å²) in [7, 11) is 0. The first-order valence-corrected chi connectivity index (χ1v) is 12.0. The lowest BCUT2D eigenvalue weighted by Gasteiger charge is -2.40. The van der Waals surface area contributed by atoms with Crippen LogP contribution in [-0.4, -0.2) is 5.66 Å². The molecule has 0 nitrogen and oxygen atoms in total. The van der Waals surface area contributed by atoms with Crippen LogP contribution in [0.3, 0.4) is 0 Å². The van der Waals surface area contributed by atoms with Crippen LogP contribution in [0.25, 0.3) is 0 Å². The number of hydrogen-bond donors (Lipinski definition) is 0. The molecule has 0 radical (unpaired) electrons. The van der Waals surface area contributed by atoms with Crippen molar-refractivity contribution in [1.29, 1.82) is 0 Å². The molecule has 0 unspecified atom stereocenters. The second-order valence-electron chi connectivity index (χ2n) is 7.70. The second-order valence-corrected chi connectivity index (χ2v) is 12.3. The van der Waals surface area contributed by atoms with E-state index in [2.05, 4.69) is 81.4 Å². The maximum Gasteiger partial charge on any atom is 0.181 e. The van der Waals surface area contributed by atoms with Crippen molar-refractivity contribution in [3.8, 4) is 0 Å². The molecule has 0 amide bonds. The summed E-state index contributed by atoms with van der Waals surface area (Å²) < 4.78 is 0. The van der Waals surface area contributed by atoms with Gasteiger partial charge < -0.3 is 0 Å². The van der Waals surface area contributed by atoms with E-state index in [4.69, 9.17) is 11.2 Å². The summed E-state index contributed by atoms with van der Waals surface area (Å²) in [6, 6.07) is 21.8. The van der Waals surface area contributed by atoms with Crippen molar-refractivity contribution >= 4 is 28.5 Å². The molecular formula is C22H29ClP+. The van der Waals surface area contributed by atoms with Crippen molar-refractivity contribution < 1.29 is 0 Å². The monoisotopic (exact) mass is 359 g/mol. The van der Waals surface area contributed by atoms with Gasteiger partial charge in [-0.3, -0.25) is 0 Å². The Kier molecular flexibility index (Phi) is 5.68. The van der Waals surface area contributed by atoms with Crippen LogP contribution in [0.15, 0.2) is 60.7 Å². The highest BCUT2D eigenvalue weighted by Crippen LogP contribution is 2.70. The van der Waals surface area contributed by atoms with E-state index in [0.29, 0.717) is 17.5 Å². The van der Waals surface area contributed by atoms with E-state index >= 15 is 0 Å². The molecule has 24 heavy (non-hydrogen) atoms. The van der Waals surface area contributed by atoms with Gasteiger partial charge >= 0.3 is 0 Å². The Bertz CT molecular complexity index is 598.